The molecule has 4 aliphatic heterocycles. The van der Waals surface area contributed by atoms with Crippen LogP contribution in [0.2, 0.25) is 0 Å². The molecule has 0 aromatic carbocycles. The molecule has 0 bridgehead atoms. The Hall–Kier alpha value is -1.74. The molecule has 4 saturated heterocycles. The minimum atomic E-state index is -2.21. The van der Waals surface area contributed by atoms with Crippen LogP contribution >= 0.6 is 0 Å². The highest BCUT2D eigenvalue weighted by Gasteiger charge is 2.56. The van der Waals surface area contributed by atoms with E-state index in [1.54, 1.807) is 0 Å². The largest absolute Gasteiger partial charge is 0.479 e. The minimum Gasteiger partial charge on any atom is -0.479 e. The number of carbonyl (C=O) groups is 2. The van der Waals surface area contributed by atoms with Crippen LogP contribution in [0.3, 0.4) is 0 Å². The first-order valence-electron chi connectivity index (χ1n) is 13.8. The van der Waals surface area contributed by atoms with Crippen LogP contribution in [0.25, 0.3) is 0 Å². The molecule has 4 heterocycles. The molecule has 0 aromatic heterocycles. The summed E-state index contributed by atoms with van der Waals surface area (Å²) in [6.45, 7) is 2.59. The van der Waals surface area contributed by atoms with Crippen LogP contribution in [0.4, 0.5) is 0 Å². The molecular formula is C24H38O21. The smallest absolute Gasteiger partial charge is 0.335 e. The molecule has 0 aliphatic carbocycles. The second kappa shape index (κ2) is 14.2. The number of aliphatic hydroxyl groups excluding tert-OH is 10. The first-order valence-corrected chi connectivity index (χ1v) is 13.8. The lowest BCUT2D eigenvalue weighted by molar-refractivity contribution is -0.389. The van der Waals surface area contributed by atoms with Gasteiger partial charge in [0.15, 0.2) is 37.4 Å². The van der Waals surface area contributed by atoms with Gasteiger partial charge in [-0.05, 0) is 13.8 Å². The predicted octanol–water partition coefficient (Wildman–Crippen LogP) is -7.51. The molecule has 0 saturated carbocycles. The van der Waals surface area contributed by atoms with E-state index in [0.29, 0.717) is 0 Å². The number of carboxylic acid groups (broad SMARTS) is 2. The third kappa shape index (κ3) is 7.09. The number of hydrogen-bond acceptors (Lipinski definition) is 19. The van der Waals surface area contributed by atoms with E-state index in [9.17, 15) is 70.9 Å². The second-order valence-electron chi connectivity index (χ2n) is 11.2. The van der Waals surface area contributed by atoms with Crippen LogP contribution in [0, 0.1) is 0 Å². The van der Waals surface area contributed by atoms with Gasteiger partial charge < -0.3 is 94.4 Å². The molecule has 0 unspecified atom stereocenters. The zero-order chi connectivity index (χ0) is 33.7. The molecule has 45 heavy (non-hydrogen) atoms. The average Bonchev–Trinajstić information content (AvgIpc) is 2.97. The van der Waals surface area contributed by atoms with Crippen molar-refractivity contribution in [2.24, 2.45) is 0 Å². The molecule has 0 radical (unpaired) electrons. The Bertz CT molecular complexity index is 1030. The number of carboxylic acids is 2. The van der Waals surface area contributed by atoms with Gasteiger partial charge in [-0.2, -0.15) is 0 Å². The summed E-state index contributed by atoms with van der Waals surface area (Å²) >= 11 is 0. The first kappa shape index (κ1) is 36.1. The predicted molar refractivity (Wildman–Crippen MR) is 132 cm³/mol. The van der Waals surface area contributed by atoms with Crippen molar-refractivity contribution >= 4 is 11.9 Å². The highest BCUT2D eigenvalue weighted by Crippen LogP contribution is 2.34. The van der Waals surface area contributed by atoms with Gasteiger partial charge in [0.1, 0.15) is 73.2 Å². The van der Waals surface area contributed by atoms with Gasteiger partial charge in [0, 0.05) is 0 Å². The third-order valence-electron chi connectivity index (χ3n) is 8.06. The maximum atomic E-state index is 12.2. The summed E-state index contributed by atoms with van der Waals surface area (Å²) in [5, 5.41) is 123. The zero-order valence-corrected chi connectivity index (χ0v) is 23.6. The standard InChI is InChI=1S/C24H38O21/c1-3-5(25)8(28)16(21(38)39-3)43-23-13(33)11(31)14(18(45-23)20(36)37)41-24-17(9(29)6(26)4(2)40-24)44-22-12(32)7(27)10(30)15(42-22)19(34)35/h3-18,21-33,38H,1-2H3,(H,34,35)(H,36,37)/t3-,4-,5-,6-,7-,8+,9+,10+,11+,12+,13+,14+,15-,16+,17+,18-,21-,22+,23-,24-/m0/s1. The lowest BCUT2D eigenvalue weighted by atomic mass is 9.96. The number of ether oxygens (including phenoxy) is 7. The number of aliphatic hydroxyl groups is 10. The fraction of sp³-hybridized carbons (Fsp3) is 0.917. The van der Waals surface area contributed by atoms with Gasteiger partial charge >= 0.3 is 11.9 Å². The van der Waals surface area contributed by atoms with Crippen molar-refractivity contribution in [3.8, 4) is 0 Å². The van der Waals surface area contributed by atoms with Crippen LogP contribution < -0.4 is 0 Å². The molecular weight excluding hydrogens is 624 g/mol. The van der Waals surface area contributed by atoms with Crippen LogP contribution in [0.1, 0.15) is 13.8 Å². The zero-order valence-electron chi connectivity index (χ0n) is 23.6. The summed E-state index contributed by atoms with van der Waals surface area (Å²) in [6.07, 6.45) is -38.2. The first-order chi connectivity index (χ1) is 21.0. The minimum absolute atomic E-state index is 1.03. The molecule has 0 spiro atoms. The van der Waals surface area contributed by atoms with Crippen LogP contribution in [0.15, 0.2) is 0 Å². The van der Waals surface area contributed by atoms with Crippen LogP contribution in [-0.2, 0) is 42.7 Å². The van der Waals surface area contributed by atoms with E-state index >= 15 is 0 Å². The summed E-state index contributed by atoms with van der Waals surface area (Å²) in [5.74, 6) is -3.56. The summed E-state index contributed by atoms with van der Waals surface area (Å²) in [4.78, 5) is 23.6. The van der Waals surface area contributed by atoms with Crippen LogP contribution in [-0.4, -0.2) is 196 Å². The summed E-state index contributed by atoms with van der Waals surface area (Å²) in [5.41, 5.74) is 0. The summed E-state index contributed by atoms with van der Waals surface area (Å²) in [6, 6.07) is 0. The van der Waals surface area contributed by atoms with E-state index in [-0.39, 0.29) is 0 Å². The molecule has 4 rings (SSSR count). The Kier molecular flexibility index (Phi) is 11.4. The maximum Gasteiger partial charge on any atom is 0.335 e. The molecule has 4 aliphatic rings. The van der Waals surface area contributed by atoms with E-state index in [2.05, 4.69) is 0 Å². The monoisotopic (exact) mass is 662 g/mol. The van der Waals surface area contributed by atoms with E-state index in [1.807, 2.05) is 0 Å². The molecule has 0 amide bonds. The topological polar surface area (TPSA) is 342 Å². The summed E-state index contributed by atoms with van der Waals surface area (Å²) in [7, 11) is 0. The highest BCUT2D eigenvalue weighted by molar-refractivity contribution is 5.74. The molecule has 260 valence electrons. The molecule has 4 fully saturated rings. The lowest BCUT2D eigenvalue weighted by Crippen LogP contribution is -2.67. The van der Waals surface area contributed by atoms with Gasteiger partial charge in [-0.3, -0.25) is 0 Å². The van der Waals surface area contributed by atoms with Crippen LogP contribution in [0.5, 0.6) is 0 Å². The lowest BCUT2D eigenvalue weighted by Gasteiger charge is -2.48. The van der Waals surface area contributed by atoms with E-state index < -0.39 is 135 Å². The Balaban J connectivity index is 1.55. The SMILES string of the molecule is C[C@@H]1O[C@H](O)[C@H](O[C@H]2O[C@H](C(=O)O)[C@H](O[C@@H]3O[C@@H](C)[C@H](O)[C@@H](O)[C@H]3O[C@H]3O[C@H](C(=O)O)[C@H](O)[C@H](O)[C@H]3O)[C@H](O)[C@H]2O)[C@H](O)[C@H]1O. The normalized spacial score (nSPS) is 52.7. The van der Waals surface area contributed by atoms with Gasteiger partial charge in [0.05, 0.1) is 12.2 Å². The van der Waals surface area contributed by atoms with Gasteiger partial charge in [0.2, 0.25) is 0 Å². The molecule has 21 heteroatoms. The third-order valence-corrected chi connectivity index (χ3v) is 8.06. The maximum absolute atomic E-state index is 12.2. The Morgan fingerprint density at radius 2 is 0.867 bits per heavy atom. The quantitative estimate of drug-likeness (QED) is 0.115. The molecule has 12 N–H and O–H groups in total. The van der Waals surface area contributed by atoms with Crippen molar-refractivity contribution in [2.75, 3.05) is 0 Å². The average molecular weight is 663 g/mol. The highest BCUT2D eigenvalue weighted by atomic mass is 16.8. The number of rotatable bonds is 8. The van der Waals surface area contributed by atoms with Crippen molar-refractivity contribution in [3.63, 3.8) is 0 Å². The number of hydrogen-bond donors (Lipinski definition) is 12. The van der Waals surface area contributed by atoms with Crippen molar-refractivity contribution in [1.82, 2.24) is 0 Å². The Morgan fingerprint density at radius 1 is 0.444 bits per heavy atom. The second-order valence-corrected chi connectivity index (χ2v) is 11.2. The van der Waals surface area contributed by atoms with Gasteiger partial charge in [0.25, 0.3) is 0 Å². The Labute approximate surface area is 253 Å². The van der Waals surface area contributed by atoms with Crippen molar-refractivity contribution in [2.45, 2.75) is 137 Å². The molecule has 0 aromatic rings. The van der Waals surface area contributed by atoms with E-state index in [0.717, 1.165) is 0 Å². The van der Waals surface area contributed by atoms with E-state index in [1.165, 1.54) is 13.8 Å². The fourth-order valence-corrected chi connectivity index (χ4v) is 5.35. The van der Waals surface area contributed by atoms with Gasteiger partial charge in [-0.15, -0.1) is 0 Å². The molecule has 20 atom stereocenters. The van der Waals surface area contributed by atoms with Crippen molar-refractivity contribution in [1.29, 1.82) is 0 Å². The van der Waals surface area contributed by atoms with E-state index in [4.69, 9.17) is 33.2 Å². The fourth-order valence-electron chi connectivity index (χ4n) is 5.35. The van der Waals surface area contributed by atoms with Gasteiger partial charge in [-0.25, -0.2) is 9.59 Å². The molecule has 21 nitrogen and oxygen atoms in total. The Morgan fingerprint density at radius 3 is 1.42 bits per heavy atom. The summed E-state index contributed by atoms with van der Waals surface area (Å²) < 4.78 is 37.2. The van der Waals surface area contributed by atoms with Gasteiger partial charge in [-0.1, -0.05) is 0 Å². The number of aliphatic carboxylic acids is 2. The van der Waals surface area contributed by atoms with Crippen molar-refractivity contribution < 1.29 is 104 Å². The van der Waals surface area contributed by atoms with Crippen molar-refractivity contribution in [3.05, 3.63) is 0 Å².